The van der Waals surface area contributed by atoms with Crippen molar-refractivity contribution in [3.05, 3.63) is 17.6 Å². The van der Waals surface area contributed by atoms with Crippen LogP contribution in [0.25, 0.3) is 0 Å². The average Bonchev–Trinajstić information content (AvgIpc) is 2.33. The van der Waals surface area contributed by atoms with E-state index in [2.05, 4.69) is 22.2 Å². The number of ether oxygens (including phenoxy) is 1. The molecule has 1 aliphatic carbocycles. The van der Waals surface area contributed by atoms with Crippen LogP contribution in [0.1, 0.15) is 50.5 Å². The zero-order valence-corrected chi connectivity index (χ0v) is 12.1. The van der Waals surface area contributed by atoms with Gasteiger partial charge in [-0.1, -0.05) is 26.2 Å². The zero-order chi connectivity index (χ0) is 13.5. The van der Waals surface area contributed by atoms with Crippen molar-refractivity contribution in [1.82, 2.24) is 9.97 Å². The molecular weight excluding hydrogens is 238 g/mol. The van der Waals surface area contributed by atoms with Crippen molar-refractivity contribution < 1.29 is 4.74 Å². The molecule has 0 amide bonds. The van der Waals surface area contributed by atoms with Gasteiger partial charge in [0, 0.05) is 24.9 Å². The minimum atomic E-state index is 0.523. The van der Waals surface area contributed by atoms with Crippen LogP contribution in [0.4, 0.5) is 5.82 Å². The maximum atomic E-state index is 5.69. The average molecular weight is 263 g/mol. The van der Waals surface area contributed by atoms with E-state index < -0.39 is 0 Å². The molecule has 0 bridgehead atoms. The van der Waals surface area contributed by atoms with Crippen LogP contribution in [-0.4, -0.2) is 23.1 Å². The topological polar surface area (TPSA) is 47.0 Å². The van der Waals surface area contributed by atoms with Crippen molar-refractivity contribution in [2.75, 3.05) is 18.5 Å². The molecule has 1 heterocycles. The number of hydrogen-bond acceptors (Lipinski definition) is 4. The monoisotopic (exact) mass is 263 g/mol. The fourth-order valence-electron chi connectivity index (χ4n) is 2.23. The van der Waals surface area contributed by atoms with Gasteiger partial charge in [0.1, 0.15) is 12.4 Å². The lowest BCUT2D eigenvalue weighted by Crippen LogP contribution is -2.14. The first-order chi connectivity index (χ1) is 9.28. The van der Waals surface area contributed by atoms with E-state index in [1.807, 2.05) is 13.0 Å². The SMILES string of the molecule is CCCNc1cc(C)nc(COCCC2CCC2)n1. The predicted molar refractivity (Wildman–Crippen MR) is 77.2 cm³/mol. The molecule has 0 saturated heterocycles. The number of nitrogens with one attached hydrogen (secondary N) is 1. The van der Waals surface area contributed by atoms with Crippen molar-refractivity contribution in [1.29, 1.82) is 0 Å². The molecule has 19 heavy (non-hydrogen) atoms. The molecule has 0 aromatic carbocycles. The molecule has 0 aliphatic heterocycles. The van der Waals surface area contributed by atoms with Crippen molar-refractivity contribution in [3.63, 3.8) is 0 Å². The third kappa shape index (κ3) is 4.78. The van der Waals surface area contributed by atoms with Gasteiger partial charge in [-0.05, 0) is 25.7 Å². The van der Waals surface area contributed by atoms with Crippen LogP contribution in [0, 0.1) is 12.8 Å². The highest BCUT2D eigenvalue weighted by molar-refractivity contribution is 5.35. The maximum absolute atomic E-state index is 5.69. The molecule has 1 saturated carbocycles. The number of rotatable bonds is 8. The van der Waals surface area contributed by atoms with E-state index in [4.69, 9.17) is 4.74 Å². The molecule has 0 radical (unpaired) electrons. The molecule has 1 fully saturated rings. The first-order valence-electron chi connectivity index (χ1n) is 7.44. The second kappa shape index (κ2) is 7.43. The third-order valence-corrected chi connectivity index (χ3v) is 3.58. The molecule has 0 unspecified atom stereocenters. The van der Waals surface area contributed by atoms with Gasteiger partial charge in [-0.15, -0.1) is 0 Å². The Balaban J connectivity index is 1.76. The van der Waals surface area contributed by atoms with Gasteiger partial charge in [-0.2, -0.15) is 0 Å². The largest absolute Gasteiger partial charge is 0.373 e. The summed E-state index contributed by atoms with van der Waals surface area (Å²) < 4.78 is 5.69. The van der Waals surface area contributed by atoms with Gasteiger partial charge < -0.3 is 10.1 Å². The smallest absolute Gasteiger partial charge is 0.156 e. The minimum absolute atomic E-state index is 0.523. The zero-order valence-electron chi connectivity index (χ0n) is 12.1. The number of aryl methyl sites for hydroxylation is 1. The molecule has 0 spiro atoms. The van der Waals surface area contributed by atoms with Gasteiger partial charge in [-0.3, -0.25) is 0 Å². The Bertz CT molecular complexity index is 391. The standard InChI is InChI=1S/C15H25N3O/c1-3-8-16-14-10-12(2)17-15(18-14)11-19-9-7-13-5-4-6-13/h10,13H,3-9,11H2,1-2H3,(H,16,17,18). The summed E-state index contributed by atoms with van der Waals surface area (Å²) in [6, 6.07) is 1.98. The van der Waals surface area contributed by atoms with Crippen LogP contribution < -0.4 is 5.32 Å². The summed E-state index contributed by atoms with van der Waals surface area (Å²) in [5.41, 5.74) is 0.992. The molecule has 1 aromatic rings. The highest BCUT2D eigenvalue weighted by Crippen LogP contribution is 2.29. The minimum Gasteiger partial charge on any atom is -0.373 e. The number of anilines is 1. The predicted octanol–water partition coefficient (Wildman–Crippen LogP) is 3.31. The summed E-state index contributed by atoms with van der Waals surface area (Å²) in [4.78, 5) is 8.89. The lowest BCUT2D eigenvalue weighted by atomic mass is 9.83. The molecule has 1 N–H and O–H groups in total. The summed E-state index contributed by atoms with van der Waals surface area (Å²) in [5.74, 6) is 2.60. The van der Waals surface area contributed by atoms with Crippen LogP contribution in [-0.2, 0) is 11.3 Å². The van der Waals surface area contributed by atoms with E-state index in [9.17, 15) is 0 Å². The Labute approximate surface area is 116 Å². The second-order valence-electron chi connectivity index (χ2n) is 5.38. The van der Waals surface area contributed by atoms with Crippen molar-refractivity contribution in [2.24, 2.45) is 5.92 Å². The van der Waals surface area contributed by atoms with Gasteiger partial charge >= 0.3 is 0 Å². The highest BCUT2D eigenvalue weighted by Gasteiger charge is 2.16. The molecule has 1 aliphatic rings. The number of hydrogen-bond donors (Lipinski definition) is 1. The summed E-state index contributed by atoms with van der Waals surface area (Å²) in [5, 5.41) is 3.30. The van der Waals surface area contributed by atoms with Gasteiger partial charge in [0.2, 0.25) is 0 Å². The van der Waals surface area contributed by atoms with E-state index in [-0.39, 0.29) is 0 Å². The molecule has 4 heteroatoms. The molecule has 2 rings (SSSR count). The quantitative estimate of drug-likeness (QED) is 0.731. The summed E-state index contributed by atoms with van der Waals surface area (Å²) >= 11 is 0. The van der Waals surface area contributed by atoms with Crippen molar-refractivity contribution >= 4 is 5.82 Å². The van der Waals surface area contributed by atoms with Gasteiger partial charge in [0.25, 0.3) is 0 Å². The molecule has 1 aromatic heterocycles. The second-order valence-corrected chi connectivity index (χ2v) is 5.38. The Morgan fingerprint density at radius 2 is 2.21 bits per heavy atom. The first-order valence-corrected chi connectivity index (χ1v) is 7.44. The van der Waals surface area contributed by atoms with E-state index in [0.29, 0.717) is 6.61 Å². The fourth-order valence-corrected chi connectivity index (χ4v) is 2.23. The van der Waals surface area contributed by atoms with E-state index in [1.54, 1.807) is 0 Å². The lowest BCUT2D eigenvalue weighted by Gasteiger charge is -2.24. The van der Waals surface area contributed by atoms with E-state index in [0.717, 1.165) is 42.8 Å². The van der Waals surface area contributed by atoms with Crippen LogP contribution in [0.3, 0.4) is 0 Å². The Kier molecular flexibility index (Phi) is 5.58. The van der Waals surface area contributed by atoms with Gasteiger partial charge in [0.15, 0.2) is 5.82 Å². The molecule has 4 nitrogen and oxygen atoms in total. The fraction of sp³-hybridized carbons (Fsp3) is 0.733. The first kappa shape index (κ1) is 14.3. The van der Waals surface area contributed by atoms with Crippen LogP contribution >= 0.6 is 0 Å². The van der Waals surface area contributed by atoms with E-state index in [1.165, 1.54) is 25.7 Å². The van der Waals surface area contributed by atoms with Crippen LogP contribution in [0.15, 0.2) is 6.07 Å². The Morgan fingerprint density at radius 1 is 1.37 bits per heavy atom. The molecule has 0 atom stereocenters. The van der Waals surface area contributed by atoms with Crippen LogP contribution in [0.2, 0.25) is 0 Å². The highest BCUT2D eigenvalue weighted by atomic mass is 16.5. The number of nitrogens with zero attached hydrogens (tertiary/aromatic N) is 2. The normalized spacial score (nSPS) is 15.3. The lowest BCUT2D eigenvalue weighted by molar-refractivity contribution is 0.0906. The Morgan fingerprint density at radius 3 is 2.89 bits per heavy atom. The van der Waals surface area contributed by atoms with Gasteiger partial charge in [0.05, 0.1) is 0 Å². The molecule has 106 valence electrons. The van der Waals surface area contributed by atoms with E-state index >= 15 is 0 Å². The maximum Gasteiger partial charge on any atom is 0.156 e. The van der Waals surface area contributed by atoms with Gasteiger partial charge in [-0.25, -0.2) is 9.97 Å². The Hall–Kier alpha value is -1.16. The summed E-state index contributed by atoms with van der Waals surface area (Å²) in [6.07, 6.45) is 6.45. The van der Waals surface area contributed by atoms with Crippen LogP contribution in [0.5, 0.6) is 0 Å². The number of aromatic nitrogens is 2. The van der Waals surface area contributed by atoms with Crippen molar-refractivity contribution in [3.8, 4) is 0 Å². The molecular formula is C15H25N3O. The summed E-state index contributed by atoms with van der Waals surface area (Å²) in [6.45, 7) is 6.44. The summed E-state index contributed by atoms with van der Waals surface area (Å²) in [7, 11) is 0. The van der Waals surface area contributed by atoms with Crippen molar-refractivity contribution in [2.45, 2.75) is 52.6 Å². The third-order valence-electron chi connectivity index (χ3n) is 3.58.